The van der Waals surface area contributed by atoms with Gasteiger partial charge in [0.1, 0.15) is 0 Å². The molecule has 1 aliphatic rings. The number of carbonyl (C=O) groups excluding carboxylic acids is 2. The second-order valence-electron chi connectivity index (χ2n) is 5.69. The van der Waals surface area contributed by atoms with E-state index in [0.717, 1.165) is 0 Å². The first-order valence-electron chi connectivity index (χ1n) is 7.82. The van der Waals surface area contributed by atoms with Crippen molar-refractivity contribution < 1.29 is 22.7 Å². The summed E-state index contributed by atoms with van der Waals surface area (Å²) in [5.41, 5.74) is 0. The van der Waals surface area contributed by atoms with Gasteiger partial charge >= 0.3 is 5.97 Å². The molecule has 134 valence electrons. The van der Waals surface area contributed by atoms with Gasteiger partial charge in [0.15, 0.2) is 0 Å². The zero-order valence-electron chi connectivity index (χ0n) is 14.2. The lowest BCUT2D eigenvalue weighted by Crippen LogP contribution is -2.40. The topological polar surface area (TPSA) is 87.2 Å². The van der Waals surface area contributed by atoms with Crippen molar-refractivity contribution in [3.63, 3.8) is 0 Å². The van der Waals surface area contributed by atoms with Gasteiger partial charge in [-0.15, -0.1) is 0 Å². The molecule has 1 aliphatic heterocycles. The van der Waals surface area contributed by atoms with Crippen LogP contribution in [-0.4, -0.2) is 93.6 Å². The molecule has 1 amide bonds. The van der Waals surface area contributed by atoms with Gasteiger partial charge in [-0.25, -0.2) is 12.7 Å². The maximum absolute atomic E-state index is 12.3. The van der Waals surface area contributed by atoms with Gasteiger partial charge in [-0.05, 0) is 19.9 Å². The molecule has 1 heterocycles. The van der Waals surface area contributed by atoms with Gasteiger partial charge < -0.3 is 9.64 Å². The first-order chi connectivity index (χ1) is 10.8. The van der Waals surface area contributed by atoms with Crippen LogP contribution in [0.2, 0.25) is 0 Å². The molecule has 0 aromatic rings. The van der Waals surface area contributed by atoms with Gasteiger partial charge in [-0.2, -0.15) is 0 Å². The number of esters is 1. The van der Waals surface area contributed by atoms with Crippen LogP contribution in [0.25, 0.3) is 0 Å². The SMILES string of the molecule is CCOC(=O)CCS(=O)(=O)N1CCCN(CC(=O)N(C)C)CC1. The highest BCUT2D eigenvalue weighted by Crippen LogP contribution is 2.10. The molecule has 0 bridgehead atoms. The number of sulfonamides is 1. The smallest absolute Gasteiger partial charge is 0.306 e. The Hall–Kier alpha value is -1.19. The highest BCUT2D eigenvalue weighted by molar-refractivity contribution is 7.89. The van der Waals surface area contributed by atoms with Gasteiger partial charge in [-0.3, -0.25) is 14.5 Å². The first kappa shape index (κ1) is 19.9. The number of nitrogens with zero attached hydrogens (tertiary/aromatic N) is 3. The van der Waals surface area contributed by atoms with Crippen molar-refractivity contribution >= 4 is 21.9 Å². The van der Waals surface area contributed by atoms with E-state index in [1.54, 1.807) is 21.0 Å². The van der Waals surface area contributed by atoms with Crippen LogP contribution in [-0.2, 0) is 24.3 Å². The van der Waals surface area contributed by atoms with Gasteiger partial charge in [0, 0.05) is 33.7 Å². The van der Waals surface area contributed by atoms with Crippen molar-refractivity contribution in [2.45, 2.75) is 19.8 Å². The van der Waals surface area contributed by atoms with Crippen molar-refractivity contribution in [3.05, 3.63) is 0 Å². The monoisotopic (exact) mass is 349 g/mol. The summed E-state index contributed by atoms with van der Waals surface area (Å²) in [6, 6.07) is 0. The molecule has 0 unspecified atom stereocenters. The van der Waals surface area contributed by atoms with Crippen LogP contribution in [0, 0.1) is 0 Å². The van der Waals surface area contributed by atoms with E-state index in [-0.39, 0.29) is 24.7 Å². The second kappa shape index (κ2) is 9.19. The number of ether oxygens (including phenoxy) is 1. The summed E-state index contributed by atoms with van der Waals surface area (Å²) in [4.78, 5) is 26.6. The lowest BCUT2D eigenvalue weighted by molar-refractivity contribution is -0.142. The van der Waals surface area contributed by atoms with Crippen LogP contribution < -0.4 is 0 Å². The zero-order valence-corrected chi connectivity index (χ0v) is 15.0. The van der Waals surface area contributed by atoms with Crippen molar-refractivity contribution in [2.75, 3.05) is 59.2 Å². The third-order valence-corrected chi connectivity index (χ3v) is 5.54. The molecule has 0 atom stereocenters. The fraction of sp³-hybridized carbons (Fsp3) is 0.857. The highest BCUT2D eigenvalue weighted by atomic mass is 32.2. The van der Waals surface area contributed by atoms with Crippen LogP contribution in [0.15, 0.2) is 0 Å². The van der Waals surface area contributed by atoms with Crippen molar-refractivity contribution in [2.24, 2.45) is 0 Å². The molecule has 1 saturated heterocycles. The third kappa shape index (κ3) is 6.84. The van der Waals surface area contributed by atoms with Gasteiger partial charge in [0.2, 0.25) is 15.9 Å². The standard InChI is InChI=1S/C14H27N3O5S/c1-4-22-14(19)6-11-23(20,21)17-8-5-7-16(9-10-17)12-13(18)15(2)3/h4-12H2,1-3H3. The maximum atomic E-state index is 12.3. The predicted molar refractivity (Wildman–Crippen MR) is 86.4 cm³/mol. The minimum atomic E-state index is -3.48. The fourth-order valence-corrected chi connectivity index (χ4v) is 3.74. The Morgan fingerprint density at radius 1 is 1.13 bits per heavy atom. The van der Waals surface area contributed by atoms with Crippen LogP contribution in [0.4, 0.5) is 0 Å². The number of amides is 1. The molecule has 1 fully saturated rings. The molecule has 0 aromatic carbocycles. The first-order valence-corrected chi connectivity index (χ1v) is 9.43. The molecule has 9 heteroatoms. The Balaban J connectivity index is 2.52. The minimum absolute atomic E-state index is 0.00335. The Morgan fingerprint density at radius 2 is 1.83 bits per heavy atom. The van der Waals surface area contributed by atoms with Crippen LogP contribution >= 0.6 is 0 Å². The minimum Gasteiger partial charge on any atom is -0.466 e. The molecule has 0 radical (unpaired) electrons. The molecule has 0 aliphatic carbocycles. The van der Waals surface area contributed by atoms with E-state index in [4.69, 9.17) is 4.74 Å². The molecule has 0 N–H and O–H groups in total. The summed E-state index contributed by atoms with van der Waals surface area (Å²) in [7, 11) is -0.0764. The Bertz CT molecular complexity index is 507. The van der Waals surface area contributed by atoms with Gasteiger partial charge in [0.25, 0.3) is 0 Å². The number of rotatable bonds is 7. The quantitative estimate of drug-likeness (QED) is 0.569. The molecular formula is C14H27N3O5S. The highest BCUT2D eigenvalue weighted by Gasteiger charge is 2.26. The van der Waals surface area contributed by atoms with E-state index in [0.29, 0.717) is 39.1 Å². The Kier molecular flexibility index (Phi) is 7.93. The van der Waals surface area contributed by atoms with Crippen molar-refractivity contribution in [1.82, 2.24) is 14.1 Å². The molecule has 23 heavy (non-hydrogen) atoms. The van der Waals surface area contributed by atoms with E-state index in [9.17, 15) is 18.0 Å². The molecular weight excluding hydrogens is 322 g/mol. The normalized spacial score (nSPS) is 17.5. The zero-order chi connectivity index (χ0) is 17.5. The summed E-state index contributed by atoms with van der Waals surface area (Å²) in [5, 5.41) is 0. The summed E-state index contributed by atoms with van der Waals surface area (Å²) in [6.07, 6.45) is 0.537. The fourth-order valence-electron chi connectivity index (χ4n) is 2.29. The second-order valence-corrected chi connectivity index (χ2v) is 7.78. The molecule has 0 spiro atoms. The third-order valence-electron chi connectivity index (χ3n) is 3.67. The molecule has 0 saturated carbocycles. The maximum Gasteiger partial charge on any atom is 0.306 e. The number of likely N-dealkylation sites (N-methyl/N-ethyl adjacent to an activating group) is 1. The largest absolute Gasteiger partial charge is 0.466 e. The number of hydrogen-bond donors (Lipinski definition) is 0. The summed E-state index contributed by atoms with van der Waals surface area (Å²) >= 11 is 0. The summed E-state index contributed by atoms with van der Waals surface area (Å²) < 4.78 is 30.8. The Labute approximate surface area is 138 Å². The van der Waals surface area contributed by atoms with Crippen LogP contribution in [0.3, 0.4) is 0 Å². The van der Waals surface area contributed by atoms with Gasteiger partial charge in [0.05, 0.1) is 25.3 Å². The van der Waals surface area contributed by atoms with Gasteiger partial charge in [-0.1, -0.05) is 0 Å². The lowest BCUT2D eigenvalue weighted by atomic mass is 10.4. The molecule has 0 aromatic heterocycles. The van der Waals surface area contributed by atoms with E-state index >= 15 is 0 Å². The van der Waals surface area contributed by atoms with Crippen LogP contribution in [0.5, 0.6) is 0 Å². The Morgan fingerprint density at radius 3 is 2.43 bits per heavy atom. The molecule has 1 rings (SSSR count). The van der Waals surface area contributed by atoms with E-state index in [1.807, 2.05) is 4.90 Å². The van der Waals surface area contributed by atoms with E-state index in [2.05, 4.69) is 0 Å². The van der Waals surface area contributed by atoms with E-state index in [1.165, 1.54) is 9.21 Å². The van der Waals surface area contributed by atoms with E-state index < -0.39 is 16.0 Å². The summed E-state index contributed by atoms with van der Waals surface area (Å²) in [5.74, 6) is -0.727. The average Bonchev–Trinajstić information content (AvgIpc) is 2.71. The van der Waals surface area contributed by atoms with Crippen molar-refractivity contribution in [1.29, 1.82) is 0 Å². The van der Waals surface area contributed by atoms with Crippen molar-refractivity contribution in [3.8, 4) is 0 Å². The summed E-state index contributed by atoms with van der Waals surface area (Å²) in [6.45, 7) is 4.18. The molecule has 8 nitrogen and oxygen atoms in total. The van der Waals surface area contributed by atoms with Crippen LogP contribution in [0.1, 0.15) is 19.8 Å². The number of hydrogen-bond acceptors (Lipinski definition) is 6. The average molecular weight is 349 g/mol. The lowest BCUT2D eigenvalue weighted by Gasteiger charge is -2.22. The predicted octanol–water partition coefficient (Wildman–Crippen LogP) is -0.635. The number of carbonyl (C=O) groups is 2.